The van der Waals surface area contributed by atoms with Gasteiger partial charge in [-0.2, -0.15) is 9.97 Å². The van der Waals surface area contributed by atoms with E-state index in [4.69, 9.17) is 10.5 Å². The number of nitrogens with two attached hydrogens (primary N) is 1. The van der Waals surface area contributed by atoms with E-state index >= 15 is 0 Å². The van der Waals surface area contributed by atoms with Gasteiger partial charge < -0.3 is 15.8 Å². The Balaban J connectivity index is 2.05. The summed E-state index contributed by atoms with van der Waals surface area (Å²) in [6.07, 6.45) is 0. The van der Waals surface area contributed by atoms with Gasteiger partial charge in [-0.25, -0.2) is 0 Å². The van der Waals surface area contributed by atoms with Gasteiger partial charge >= 0.3 is 0 Å². The lowest BCUT2D eigenvalue weighted by atomic mass is 10.1. The molecule has 0 saturated heterocycles. The summed E-state index contributed by atoms with van der Waals surface area (Å²) in [5, 5.41) is 4.27. The first-order valence-electron chi connectivity index (χ1n) is 6.47. The minimum Gasteiger partial charge on any atom is -0.481 e. The summed E-state index contributed by atoms with van der Waals surface area (Å²) in [5.74, 6) is 1.13. The molecule has 0 amide bonds. The average Bonchev–Trinajstić information content (AvgIpc) is 2.47. The zero-order chi connectivity index (χ0) is 14.8. The normalized spacial score (nSPS) is 10.6. The predicted molar refractivity (Wildman–Crippen MR) is 82.8 cm³/mol. The summed E-state index contributed by atoms with van der Waals surface area (Å²) in [5.41, 5.74) is 8.36. The van der Waals surface area contributed by atoms with Crippen molar-refractivity contribution in [3.05, 3.63) is 42.1 Å². The van der Waals surface area contributed by atoms with Crippen LogP contribution in [0, 0.1) is 6.92 Å². The molecular formula is C15H15N5O. The number of hydrogen-bond acceptors (Lipinski definition) is 6. The summed E-state index contributed by atoms with van der Waals surface area (Å²) >= 11 is 0. The Hall–Kier alpha value is -2.89. The smallest absolute Gasteiger partial charge is 0.225 e. The first-order valence-corrected chi connectivity index (χ1v) is 6.47. The van der Waals surface area contributed by atoms with E-state index in [2.05, 4.69) is 20.3 Å². The molecule has 106 valence electrons. The molecule has 2 heterocycles. The van der Waals surface area contributed by atoms with E-state index in [0.29, 0.717) is 11.7 Å². The molecule has 0 aliphatic rings. The van der Waals surface area contributed by atoms with Gasteiger partial charge in [0.25, 0.3) is 0 Å². The number of benzene rings is 1. The summed E-state index contributed by atoms with van der Waals surface area (Å²) in [7, 11) is 1.54. The highest BCUT2D eigenvalue weighted by atomic mass is 16.5. The van der Waals surface area contributed by atoms with Gasteiger partial charge in [-0.1, -0.05) is 18.2 Å². The summed E-state index contributed by atoms with van der Waals surface area (Å²) in [6, 6.07) is 11.6. The van der Waals surface area contributed by atoms with Crippen molar-refractivity contribution >= 4 is 28.4 Å². The Kier molecular flexibility index (Phi) is 3.27. The van der Waals surface area contributed by atoms with Crippen LogP contribution in [0.25, 0.3) is 10.9 Å². The quantitative estimate of drug-likeness (QED) is 0.767. The molecule has 6 nitrogen and oxygen atoms in total. The number of aryl methyl sites for hydroxylation is 1. The van der Waals surface area contributed by atoms with Gasteiger partial charge in [0.1, 0.15) is 5.82 Å². The van der Waals surface area contributed by atoms with Crippen LogP contribution in [0.1, 0.15) is 5.69 Å². The fraction of sp³-hybridized carbons (Fsp3) is 0.133. The third-order valence-electron chi connectivity index (χ3n) is 3.05. The molecule has 21 heavy (non-hydrogen) atoms. The van der Waals surface area contributed by atoms with E-state index in [1.54, 1.807) is 6.07 Å². The lowest BCUT2D eigenvalue weighted by molar-refractivity contribution is 0.398. The number of ether oxygens (including phenoxy) is 1. The van der Waals surface area contributed by atoms with Crippen molar-refractivity contribution in [3.8, 4) is 5.88 Å². The molecule has 0 unspecified atom stereocenters. The number of nitrogens with zero attached hydrogens (tertiary/aromatic N) is 3. The van der Waals surface area contributed by atoms with Crippen LogP contribution >= 0.6 is 0 Å². The van der Waals surface area contributed by atoms with Crippen molar-refractivity contribution in [1.29, 1.82) is 0 Å². The predicted octanol–water partition coefficient (Wildman–Crippen LogP) is 2.67. The number of methoxy groups -OCH3 is 1. The van der Waals surface area contributed by atoms with Crippen molar-refractivity contribution in [1.82, 2.24) is 15.0 Å². The van der Waals surface area contributed by atoms with Crippen LogP contribution in [0.15, 0.2) is 36.4 Å². The maximum atomic E-state index is 5.67. The van der Waals surface area contributed by atoms with Crippen LogP contribution in [0.4, 0.5) is 17.5 Å². The number of para-hydroxylation sites is 1. The van der Waals surface area contributed by atoms with Gasteiger partial charge in [-0.15, -0.1) is 0 Å². The zero-order valence-electron chi connectivity index (χ0n) is 11.8. The number of nitrogen functional groups attached to an aromatic ring is 1. The number of fused-ring (bicyclic) bond motifs is 1. The van der Waals surface area contributed by atoms with Crippen molar-refractivity contribution in [2.75, 3.05) is 18.2 Å². The molecule has 0 radical (unpaired) electrons. The van der Waals surface area contributed by atoms with Crippen LogP contribution in [0.2, 0.25) is 0 Å². The maximum absolute atomic E-state index is 5.67. The lowest BCUT2D eigenvalue weighted by Crippen LogP contribution is -2.02. The number of hydrogen-bond donors (Lipinski definition) is 2. The Morgan fingerprint density at radius 2 is 1.95 bits per heavy atom. The second-order valence-electron chi connectivity index (χ2n) is 4.61. The van der Waals surface area contributed by atoms with Crippen molar-refractivity contribution in [3.63, 3.8) is 0 Å². The first-order chi connectivity index (χ1) is 10.2. The van der Waals surface area contributed by atoms with Crippen molar-refractivity contribution < 1.29 is 4.74 Å². The van der Waals surface area contributed by atoms with Crippen LogP contribution in [0.3, 0.4) is 0 Å². The molecule has 0 fully saturated rings. The third-order valence-corrected chi connectivity index (χ3v) is 3.05. The number of nitrogens with one attached hydrogen (secondary N) is 1. The molecule has 0 spiro atoms. The standard InChI is InChI=1S/C15H15N5O/c1-9-6-7-10-4-3-5-11(14(10)17-9)18-12-8-13(21-2)20-15(16)19-12/h3-8H,1-2H3,(H3,16,18,19,20). The molecule has 3 rings (SSSR count). The molecule has 3 aromatic rings. The monoisotopic (exact) mass is 281 g/mol. The van der Waals surface area contributed by atoms with E-state index in [1.165, 1.54) is 7.11 Å². The Bertz CT molecular complexity index is 803. The van der Waals surface area contributed by atoms with Crippen LogP contribution in [-0.2, 0) is 0 Å². The van der Waals surface area contributed by atoms with Gasteiger partial charge in [0, 0.05) is 17.1 Å². The van der Waals surface area contributed by atoms with E-state index < -0.39 is 0 Å². The first kappa shape index (κ1) is 13.1. The van der Waals surface area contributed by atoms with Gasteiger partial charge in [0.15, 0.2) is 0 Å². The molecule has 0 bridgehead atoms. The molecule has 6 heteroatoms. The number of anilines is 3. The van der Waals surface area contributed by atoms with Crippen LogP contribution in [0.5, 0.6) is 5.88 Å². The highest BCUT2D eigenvalue weighted by Crippen LogP contribution is 2.25. The summed E-state index contributed by atoms with van der Waals surface area (Å²) in [6.45, 7) is 1.96. The van der Waals surface area contributed by atoms with Crippen molar-refractivity contribution in [2.24, 2.45) is 0 Å². The van der Waals surface area contributed by atoms with Crippen molar-refractivity contribution in [2.45, 2.75) is 6.92 Å². The highest BCUT2D eigenvalue weighted by Gasteiger charge is 2.06. The number of aromatic nitrogens is 3. The minimum atomic E-state index is 0.154. The topological polar surface area (TPSA) is 86.0 Å². The fourth-order valence-electron chi connectivity index (χ4n) is 2.09. The van der Waals surface area contributed by atoms with E-state index in [-0.39, 0.29) is 5.95 Å². The summed E-state index contributed by atoms with van der Waals surface area (Å²) < 4.78 is 5.09. The maximum Gasteiger partial charge on any atom is 0.225 e. The summed E-state index contributed by atoms with van der Waals surface area (Å²) in [4.78, 5) is 12.7. The molecular weight excluding hydrogens is 266 g/mol. The minimum absolute atomic E-state index is 0.154. The lowest BCUT2D eigenvalue weighted by Gasteiger charge is -2.10. The molecule has 0 aliphatic heterocycles. The van der Waals surface area contributed by atoms with E-state index in [9.17, 15) is 0 Å². The van der Waals surface area contributed by atoms with Crippen LogP contribution in [-0.4, -0.2) is 22.1 Å². The average molecular weight is 281 g/mol. The molecule has 0 saturated carbocycles. The highest BCUT2D eigenvalue weighted by molar-refractivity contribution is 5.91. The van der Waals surface area contributed by atoms with Gasteiger partial charge in [-0.05, 0) is 19.1 Å². The van der Waals surface area contributed by atoms with Gasteiger partial charge in [-0.3, -0.25) is 4.98 Å². The number of pyridine rings is 1. The second-order valence-corrected chi connectivity index (χ2v) is 4.61. The number of rotatable bonds is 3. The SMILES string of the molecule is COc1cc(Nc2cccc3ccc(C)nc23)nc(N)n1. The van der Waals surface area contributed by atoms with E-state index in [0.717, 1.165) is 22.3 Å². The Morgan fingerprint density at radius 1 is 1.10 bits per heavy atom. The zero-order valence-corrected chi connectivity index (χ0v) is 11.8. The van der Waals surface area contributed by atoms with Crippen LogP contribution < -0.4 is 15.8 Å². The fourth-order valence-corrected chi connectivity index (χ4v) is 2.09. The third kappa shape index (κ3) is 2.69. The molecule has 0 atom stereocenters. The molecule has 0 aliphatic carbocycles. The molecule has 3 N–H and O–H groups in total. The molecule has 2 aromatic heterocycles. The Morgan fingerprint density at radius 3 is 2.76 bits per heavy atom. The Labute approximate surface area is 122 Å². The second kappa shape index (κ2) is 5.24. The molecule has 1 aromatic carbocycles. The largest absolute Gasteiger partial charge is 0.481 e. The van der Waals surface area contributed by atoms with E-state index in [1.807, 2.05) is 37.3 Å². The van der Waals surface area contributed by atoms with Gasteiger partial charge in [0.2, 0.25) is 11.8 Å². The van der Waals surface area contributed by atoms with Gasteiger partial charge in [0.05, 0.1) is 18.3 Å².